The molecule has 1 aromatic rings. The van der Waals surface area contributed by atoms with Crippen molar-refractivity contribution in [2.75, 3.05) is 6.54 Å². The molecular formula is C10H12FNO5S. The lowest BCUT2D eigenvalue weighted by Crippen LogP contribution is -2.30. The molecule has 0 aromatic heterocycles. The van der Waals surface area contributed by atoms with E-state index >= 15 is 0 Å². The van der Waals surface area contributed by atoms with Gasteiger partial charge in [0.1, 0.15) is 5.82 Å². The highest BCUT2D eigenvalue weighted by Crippen LogP contribution is 2.10. The summed E-state index contributed by atoms with van der Waals surface area (Å²) in [7, 11) is -3.90. The zero-order valence-corrected chi connectivity index (χ0v) is 10.0. The first kappa shape index (κ1) is 14.6. The smallest absolute Gasteiger partial charge is 0.332 e. The molecule has 6 nitrogen and oxygen atoms in total. The number of sulfonamides is 1. The summed E-state index contributed by atoms with van der Waals surface area (Å²) in [5.41, 5.74) is 0. The third-order valence-corrected chi connectivity index (χ3v) is 3.56. The van der Waals surface area contributed by atoms with Gasteiger partial charge in [-0.05, 0) is 24.6 Å². The van der Waals surface area contributed by atoms with Crippen molar-refractivity contribution in [1.82, 2.24) is 4.72 Å². The van der Waals surface area contributed by atoms with Crippen molar-refractivity contribution >= 4 is 16.0 Å². The van der Waals surface area contributed by atoms with Gasteiger partial charge in [0.2, 0.25) is 10.0 Å². The molecule has 0 saturated carbocycles. The van der Waals surface area contributed by atoms with Crippen molar-refractivity contribution in [2.45, 2.75) is 17.4 Å². The number of benzene rings is 1. The first-order valence-electron chi connectivity index (χ1n) is 4.99. The van der Waals surface area contributed by atoms with Crippen LogP contribution in [0.4, 0.5) is 4.39 Å². The van der Waals surface area contributed by atoms with E-state index in [9.17, 15) is 17.6 Å². The number of hydrogen-bond acceptors (Lipinski definition) is 4. The fraction of sp³-hybridized carbons (Fsp3) is 0.300. The van der Waals surface area contributed by atoms with E-state index in [2.05, 4.69) is 4.72 Å². The summed E-state index contributed by atoms with van der Waals surface area (Å²) < 4.78 is 38.2. The van der Waals surface area contributed by atoms with Gasteiger partial charge in [-0.3, -0.25) is 0 Å². The van der Waals surface area contributed by atoms with Gasteiger partial charge < -0.3 is 10.2 Å². The Hall–Kier alpha value is -1.51. The second-order valence-corrected chi connectivity index (χ2v) is 5.26. The molecule has 0 unspecified atom stereocenters. The van der Waals surface area contributed by atoms with Crippen LogP contribution in [-0.4, -0.2) is 37.2 Å². The number of halogens is 1. The topological polar surface area (TPSA) is 104 Å². The van der Waals surface area contributed by atoms with Gasteiger partial charge in [-0.15, -0.1) is 0 Å². The van der Waals surface area contributed by atoms with Crippen LogP contribution in [0.15, 0.2) is 29.2 Å². The Labute approximate surface area is 103 Å². The molecule has 0 heterocycles. The molecule has 3 N–H and O–H groups in total. The van der Waals surface area contributed by atoms with E-state index in [0.717, 1.165) is 12.1 Å². The van der Waals surface area contributed by atoms with Gasteiger partial charge in [-0.2, -0.15) is 0 Å². The number of aliphatic hydroxyl groups is 1. The maximum atomic E-state index is 12.8. The molecular weight excluding hydrogens is 265 g/mol. The van der Waals surface area contributed by atoms with Crippen molar-refractivity contribution in [3.05, 3.63) is 30.1 Å². The third-order valence-electron chi connectivity index (χ3n) is 2.10. The molecule has 1 rings (SSSR count). The van der Waals surface area contributed by atoms with E-state index in [4.69, 9.17) is 10.2 Å². The van der Waals surface area contributed by atoms with Crippen LogP contribution in [0.2, 0.25) is 0 Å². The fourth-order valence-corrected chi connectivity index (χ4v) is 2.25. The number of hydrogen-bond donors (Lipinski definition) is 3. The number of rotatable bonds is 6. The molecule has 0 saturated heterocycles. The van der Waals surface area contributed by atoms with Gasteiger partial charge in [-0.1, -0.05) is 6.07 Å². The van der Waals surface area contributed by atoms with Gasteiger partial charge >= 0.3 is 5.97 Å². The third kappa shape index (κ3) is 4.06. The fourth-order valence-electron chi connectivity index (χ4n) is 1.17. The van der Waals surface area contributed by atoms with Crippen LogP contribution in [0, 0.1) is 5.82 Å². The maximum Gasteiger partial charge on any atom is 0.332 e. The van der Waals surface area contributed by atoms with Crippen LogP contribution in [0.3, 0.4) is 0 Å². The highest BCUT2D eigenvalue weighted by molar-refractivity contribution is 7.89. The summed E-state index contributed by atoms with van der Waals surface area (Å²) in [6.45, 7) is -0.258. The summed E-state index contributed by atoms with van der Waals surface area (Å²) in [5, 5.41) is 17.3. The average molecular weight is 277 g/mol. The predicted octanol–water partition coefficient (Wildman–Crippen LogP) is -0.0604. The molecule has 0 amide bonds. The minimum absolute atomic E-state index is 0.257. The summed E-state index contributed by atoms with van der Waals surface area (Å²) in [6, 6.07) is 4.40. The number of carboxylic acids is 1. The number of aliphatic hydroxyl groups excluding tert-OH is 1. The summed E-state index contributed by atoms with van der Waals surface area (Å²) in [5.74, 6) is -2.12. The minimum Gasteiger partial charge on any atom is -0.479 e. The van der Waals surface area contributed by atoms with Crippen molar-refractivity contribution < 1.29 is 27.8 Å². The van der Waals surface area contributed by atoms with Gasteiger partial charge in [0.15, 0.2) is 6.10 Å². The highest BCUT2D eigenvalue weighted by atomic mass is 32.2. The molecule has 0 spiro atoms. The lowest BCUT2D eigenvalue weighted by atomic mass is 10.3. The molecule has 100 valence electrons. The monoisotopic (exact) mass is 277 g/mol. The van der Waals surface area contributed by atoms with Crippen LogP contribution >= 0.6 is 0 Å². The number of nitrogens with one attached hydrogen (secondary N) is 1. The van der Waals surface area contributed by atoms with Crippen molar-refractivity contribution in [3.63, 3.8) is 0 Å². The quantitative estimate of drug-likeness (QED) is 0.676. The van der Waals surface area contributed by atoms with E-state index in [0.29, 0.717) is 0 Å². The Morgan fingerprint density at radius 2 is 2.11 bits per heavy atom. The van der Waals surface area contributed by atoms with Crippen molar-refractivity contribution in [3.8, 4) is 0 Å². The zero-order chi connectivity index (χ0) is 13.8. The average Bonchev–Trinajstić information content (AvgIpc) is 2.28. The summed E-state index contributed by atoms with van der Waals surface area (Å²) >= 11 is 0. The second kappa shape index (κ2) is 5.89. The number of aliphatic carboxylic acids is 1. The molecule has 8 heteroatoms. The Balaban J connectivity index is 2.64. The van der Waals surface area contributed by atoms with Crippen LogP contribution in [0.25, 0.3) is 0 Å². The van der Waals surface area contributed by atoms with Crippen LogP contribution < -0.4 is 4.72 Å². The Morgan fingerprint density at radius 1 is 1.44 bits per heavy atom. The molecule has 1 atom stereocenters. The standard InChI is InChI=1S/C10H12FNO5S/c11-7-2-1-3-8(6-7)18(16,17)12-5-4-9(13)10(14)15/h1-3,6,9,12-13H,4-5H2,(H,14,15)/t9-/m0/s1. The SMILES string of the molecule is O=C(O)[C@@H](O)CCNS(=O)(=O)c1cccc(F)c1. The Bertz CT molecular complexity index is 531. The zero-order valence-electron chi connectivity index (χ0n) is 9.21. The predicted molar refractivity (Wildman–Crippen MR) is 59.8 cm³/mol. The van der Waals surface area contributed by atoms with Gasteiger partial charge in [0.05, 0.1) is 4.90 Å². The summed E-state index contributed by atoms with van der Waals surface area (Å²) in [4.78, 5) is 10.0. The lowest BCUT2D eigenvalue weighted by molar-refractivity contribution is -0.146. The molecule has 0 aliphatic heterocycles. The molecule has 0 radical (unpaired) electrons. The van der Waals surface area contributed by atoms with E-state index < -0.39 is 27.9 Å². The normalized spacial score (nSPS) is 13.2. The number of carbonyl (C=O) groups is 1. The molecule has 0 fully saturated rings. The second-order valence-electron chi connectivity index (χ2n) is 3.50. The lowest BCUT2D eigenvalue weighted by Gasteiger charge is -2.08. The van der Waals surface area contributed by atoms with E-state index in [-0.39, 0.29) is 17.9 Å². The van der Waals surface area contributed by atoms with E-state index in [1.54, 1.807) is 0 Å². The largest absolute Gasteiger partial charge is 0.479 e. The van der Waals surface area contributed by atoms with Gasteiger partial charge in [-0.25, -0.2) is 22.3 Å². The Kier molecular flexibility index (Phi) is 4.76. The van der Waals surface area contributed by atoms with E-state index in [1.807, 2.05) is 0 Å². The molecule has 1 aromatic carbocycles. The van der Waals surface area contributed by atoms with E-state index in [1.165, 1.54) is 12.1 Å². The first-order valence-corrected chi connectivity index (χ1v) is 6.47. The Morgan fingerprint density at radius 3 is 2.67 bits per heavy atom. The molecule has 18 heavy (non-hydrogen) atoms. The van der Waals surface area contributed by atoms with Crippen LogP contribution in [0.1, 0.15) is 6.42 Å². The summed E-state index contributed by atoms with van der Waals surface area (Å²) in [6.07, 6.45) is -1.91. The first-order chi connectivity index (χ1) is 8.33. The van der Waals surface area contributed by atoms with Gasteiger partial charge in [0.25, 0.3) is 0 Å². The maximum absolute atomic E-state index is 12.8. The van der Waals surface area contributed by atoms with Crippen LogP contribution in [-0.2, 0) is 14.8 Å². The molecule has 0 aliphatic carbocycles. The van der Waals surface area contributed by atoms with Crippen LogP contribution in [0.5, 0.6) is 0 Å². The minimum atomic E-state index is -3.90. The molecule has 0 aliphatic rings. The van der Waals surface area contributed by atoms with Gasteiger partial charge in [0, 0.05) is 6.54 Å². The number of carboxylic acid groups (broad SMARTS) is 1. The molecule has 0 bridgehead atoms. The van der Waals surface area contributed by atoms with Crippen molar-refractivity contribution in [1.29, 1.82) is 0 Å². The highest BCUT2D eigenvalue weighted by Gasteiger charge is 2.17. The van der Waals surface area contributed by atoms with Crippen molar-refractivity contribution in [2.24, 2.45) is 0 Å².